The molecule has 0 bridgehead atoms. The molecule has 5 fully saturated rings. The first-order valence-corrected chi connectivity index (χ1v) is 33.3. The van der Waals surface area contributed by atoms with Gasteiger partial charge in [0.15, 0.2) is 18.9 Å². The fourth-order valence-corrected chi connectivity index (χ4v) is 11.9. The molecule has 21 atom stereocenters. The highest BCUT2D eigenvalue weighted by molar-refractivity contribution is 5.76. The summed E-state index contributed by atoms with van der Waals surface area (Å²) >= 11 is 0. The monoisotopic (exact) mass is 1260 g/mol. The summed E-state index contributed by atoms with van der Waals surface area (Å²) in [5.74, 6) is -2.46. The van der Waals surface area contributed by atoms with Crippen LogP contribution >= 0.6 is 0 Å². The van der Waals surface area contributed by atoms with Gasteiger partial charge in [-0.25, -0.2) is 0 Å². The van der Waals surface area contributed by atoms with Crippen molar-refractivity contribution < 1.29 is 114 Å². The lowest BCUT2D eigenvalue weighted by atomic mass is 9.96. The van der Waals surface area contributed by atoms with Crippen molar-refractivity contribution in [2.24, 2.45) is 0 Å². The number of hydrogen-bond acceptors (Lipinski definition) is 23. The van der Waals surface area contributed by atoms with Gasteiger partial charge in [0.05, 0.1) is 57.8 Å². The summed E-state index contributed by atoms with van der Waals surface area (Å²) in [4.78, 5) is 24.0. The topological polar surface area (TPSA) is 398 Å². The minimum Gasteiger partial charge on any atom is -0.394 e. The molecule has 0 aromatic rings. The summed E-state index contributed by atoms with van der Waals surface area (Å²) in [6.45, 7) is 2.97. The molecule has 5 aliphatic rings. The van der Waals surface area contributed by atoms with Crippen molar-refractivity contribution in [1.82, 2.24) is 10.6 Å². The number of carbonyl (C=O) groups is 2. The summed E-state index contributed by atoms with van der Waals surface area (Å²) < 4.78 is 44.7. The molecule has 5 aliphatic heterocycles. The Bertz CT molecular complexity index is 1800. The van der Waals surface area contributed by atoms with Crippen LogP contribution in [0.4, 0.5) is 0 Å². The van der Waals surface area contributed by atoms with Gasteiger partial charge in [-0.15, -0.1) is 0 Å². The maximum absolute atomic E-state index is 13.3. The normalized spacial score (nSPS) is 33.9. The third-order valence-electron chi connectivity index (χ3n) is 17.5. The Labute approximate surface area is 516 Å². The minimum atomic E-state index is -1.93. The predicted octanol–water partition coefficient (Wildman–Crippen LogP) is 2.01. The second-order valence-corrected chi connectivity index (χ2v) is 24.7. The van der Waals surface area contributed by atoms with Gasteiger partial charge in [0, 0.05) is 13.3 Å². The summed E-state index contributed by atoms with van der Waals surface area (Å²) in [6, 6.07) is -1.49. The summed E-state index contributed by atoms with van der Waals surface area (Å²) in [6.07, 6.45) is 7.85. The smallest absolute Gasteiger partial charge is 0.225 e. The number of carbonyl (C=O) groups excluding carboxylic acids is 2. The van der Waals surface area contributed by atoms with E-state index in [-0.39, 0.29) is 38.1 Å². The molecule has 0 saturated carbocycles. The van der Waals surface area contributed by atoms with Crippen LogP contribution in [0.1, 0.15) is 213 Å². The number of rotatable bonds is 44. The number of nitrogens with one attached hydrogen (secondary N) is 2. The molecule has 5 heterocycles. The Morgan fingerprint density at radius 1 is 0.517 bits per heavy atom. The van der Waals surface area contributed by atoms with Crippen LogP contribution < -0.4 is 10.6 Å². The number of hydrogen-bond donors (Lipinski definition) is 15. The van der Waals surface area contributed by atoms with Gasteiger partial charge in [-0.1, -0.05) is 187 Å². The standard InChI is InChI=1S/C54H101NO18.C8H15NO5/c1-3-5-7-9-11-13-15-17-18-20-22-24-26-28-30-32-42(60)55-37(38(59)31-29-27-25-23-21-19-16-14-12-10-8-6-4-2)36-67-51-45(63)43(61)48(39(33-56)68-51)71-52-46(64)44(62)49(40(34-57)69-52)72-53-47(65)50-54(66,73-50)41(35-58)70-53;1-4(11)9-5-3-14-6(2-10)8(13)7(5)12/h37-41,43-53,56-59,61-66H,3-36H2,1-2H3,(H,55,60);5-8,10,12-13H,2-3H2,1H3,(H,9,11)/t37?,38?,39?,40?,41?,43-,44-,45?,46?,47?,48+,49-,50-,51+,52-,53+,54+;5?,6?,7-,8-/m00/s1. The quantitative estimate of drug-likeness (QED) is 0.0306. The molecule has 512 valence electrons. The average molecular weight is 1260 g/mol. The number of fused-ring (bicyclic) bond motifs is 1. The Kier molecular flexibility index (Phi) is 38.4. The first-order chi connectivity index (χ1) is 41.9. The SMILES string of the molecule is CC(=O)NC1COC(CO)[C@H](O)[C@H]1O.CCCCCCCCCCCCCCCCCC(=O)NC(CO[C@@H]1OC(CO)[C@@H](O[C@@H]2OC(CO)[C@H](O[C@H]3OC(CO)[C@@]4(O)O[C@H]4C3O)[C@@H](O)C2O)[C@@H](O)C1O)C(O)CCCCCCCCCCCCCCC. The highest BCUT2D eigenvalue weighted by atomic mass is 16.8. The lowest BCUT2D eigenvalue weighted by Gasteiger charge is -2.47. The average Bonchev–Trinajstić information content (AvgIpc) is 2.01. The van der Waals surface area contributed by atoms with Crippen molar-refractivity contribution in [1.29, 1.82) is 0 Å². The molecule has 2 amide bonds. The van der Waals surface area contributed by atoms with E-state index in [1.807, 2.05) is 0 Å². The fourth-order valence-electron chi connectivity index (χ4n) is 11.9. The number of unbranched alkanes of at least 4 members (excludes halogenated alkanes) is 26. The maximum Gasteiger partial charge on any atom is 0.225 e. The lowest BCUT2D eigenvalue weighted by molar-refractivity contribution is -0.375. The molecule has 5 rings (SSSR count). The zero-order valence-electron chi connectivity index (χ0n) is 52.4. The molecular weight excluding hydrogens is 1140 g/mol. The van der Waals surface area contributed by atoms with Gasteiger partial charge in [-0.05, 0) is 12.8 Å². The maximum atomic E-state index is 13.3. The van der Waals surface area contributed by atoms with Crippen LogP contribution in [0, 0.1) is 0 Å². The van der Waals surface area contributed by atoms with E-state index in [1.54, 1.807) is 0 Å². The molecule has 25 nitrogen and oxygen atoms in total. The minimum absolute atomic E-state index is 0.0863. The van der Waals surface area contributed by atoms with Crippen LogP contribution in [-0.2, 0) is 47.5 Å². The van der Waals surface area contributed by atoms with Gasteiger partial charge in [-0.3, -0.25) is 9.59 Å². The summed E-state index contributed by atoms with van der Waals surface area (Å²) in [5, 5.41) is 141. The van der Waals surface area contributed by atoms with Crippen molar-refractivity contribution in [3.8, 4) is 0 Å². The van der Waals surface area contributed by atoms with Crippen LogP contribution in [0.15, 0.2) is 0 Å². The van der Waals surface area contributed by atoms with Crippen molar-refractivity contribution >= 4 is 11.8 Å². The molecule has 10 unspecified atom stereocenters. The Hall–Kier alpha value is -1.90. The Balaban J connectivity index is 0.00000101. The van der Waals surface area contributed by atoms with Crippen LogP contribution in [0.25, 0.3) is 0 Å². The molecule has 25 heteroatoms. The van der Waals surface area contributed by atoms with Crippen LogP contribution in [0.2, 0.25) is 0 Å². The van der Waals surface area contributed by atoms with Crippen molar-refractivity contribution in [2.75, 3.05) is 39.6 Å². The first kappa shape index (κ1) is 77.5. The number of aliphatic hydroxyl groups is 13. The van der Waals surface area contributed by atoms with Crippen molar-refractivity contribution in [3.63, 3.8) is 0 Å². The van der Waals surface area contributed by atoms with E-state index in [0.717, 1.165) is 44.9 Å². The predicted molar refractivity (Wildman–Crippen MR) is 317 cm³/mol. The number of amides is 2. The molecule has 87 heavy (non-hydrogen) atoms. The lowest BCUT2D eigenvalue weighted by Crippen LogP contribution is -2.66. The number of epoxide rings is 1. The highest BCUT2D eigenvalue weighted by Gasteiger charge is 2.70. The van der Waals surface area contributed by atoms with E-state index >= 15 is 0 Å². The second kappa shape index (κ2) is 43.1. The Morgan fingerprint density at radius 3 is 1.39 bits per heavy atom. The van der Waals surface area contributed by atoms with Gasteiger partial charge in [0.1, 0.15) is 85.5 Å². The second-order valence-electron chi connectivity index (χ2n) is 24.7. The number of ether oxygens (including phenoxy) is 8. The molecule has 5 saturated heterocycles. The molecule has 0 aromatic carbocycles. The molecule has 0 aliphatic carbocycles. The van der Waals surface area contributed by atoms with E-state index in [2.05, 4.69) is 24.5 Å². The zero-order valence-corrected chi connectivity index (χ0v) is 52.4. The summed E-state index contributed by atoms with van der Waals surface area (Å²) in [5.41, 5.74) is 0. The van der Waals surface area contributed by atoms with E-state index in [0.29, 0.717) is 12.8 Å². The first-order valence-electron chi connectivity index (χ1n) is 33.3. The molecule has 0 radical (unpaired) electrons. The largest absolute Gasteiger partial charge is 0.394 e. The van der Waals surface area contributed by atoms with Crippen molar-refractivity contribution in [3.05, 3.63) is 0 Å². The van der Waals surface area contributed by atoms with E-state index in [9.17, 15) is 70.9 Å². The van der Waals surface area contributed by atoms with Gasteiger partial charge < -0.3 is 115 Å². The van der Waals surface area contributed by atoms with Gasteiger partial charge in [0.25, 0.3) is 0 Å². The van der Waals surface area contributed by atoms with Crippen LogP contribution in [-0.4, -0.2) is 246 Å². The third kappa shape index (κ3) is 26.2. The van der Waals surface area contributed by atoms with E-state index in [1.165, 1.54) is 135 Å². The Morgan fingerprint density at radius 2 is 0.943 bits per heavy atom. The highest BCUT2D eigenvalue weighted by Crippen LogP contribution is 2.47. The third-order valence-corrected chi connectivity index (χ3v) is 17.5. The molecule has 0 spiro atoms. The van der Waals surface area contributed by atoms with Crippen LogP contribution in [0.3, 0.4) is 0 Å². The van der Waals surface area contributed by atoms with Crippen LogP contribution in [0.5, 0.6) is 0 Å². The molecular formula is C62H116N2O23. The van der Waals surface area contributed by atoms with Gasteiger partial charge in [0.2, 0.25) is 17.6 Å². The fraction of sp³-hybridized carbons (Fsp3) is 0.968. The van der Waals surface area contributed by atoms with E-state index in [4.69, 9.17) is 43.0 Å². The zero-order chi connectivity index (χ0) is 63.7. The number of aliphatic hydroxyl groups excluding tert-OH is 12. The summed E-state index contributed by atoms with van der Waals surface area (Å²) in [7, 11) is 0. The van der Waals surface area contributed by atoms with E-state index < -0.39 is 148 Å². The molecule has 15 N–H and O–H groups in total. The van der Waals surface area contributed by atoms with Crippen molar-refractivity contribution in [2.45, 2.75) is 342 Å². The van der Waals surface area contributed by atoms with Gasteiger partial charge >= 0.3 is 0 Å². The molecule has 0 aromatic heterocycles. The van der Waals surface area contributed by atoms with Gasteiger partial charge in [-0.2, -0.15) is 0 Å².